The van der Waals surface area contributed by atoms with Crippen LogP contribution in [0.4, 0.5) is 4.79 Å². The lowest BCUT2D eigenvalue weighted by Crippen LogP contribution is -2.65. The molecule has 0 aromatic carbocycles. The number of rotatable bonds is 6. The van der Waals surface area contributed by atoms with Crippen molar-refractivity contribution < 1.29 is 24.2 Å². The quantitative estimate of drug-likeness (QED) is 0.701. The van der Waals surface area contributed by atoms with Gasteiger partial charge in [0, 0.05) is 6.61 Å². The molecule has 0 atom stereocenters. The summed E-state index contributed by atoms with van der Waals surface area (Å²) < 4.78 is 10.2. The molecule has 0 spiro atoms. The highest BCUT2D eigenvalue weighted by Gasteiger charge is 2.48. The number of nitrogens with zero attached hydrogens (tertiary/aromatic N) is 1. The molecule has 6 heteroatoms. The van der Waals surface area contributed by atoms with Crippen LogP contribution in [0.1, 0.15) is 13.3 Å². The Kier molecular flexibility index (Phi) is 4.51. The maximum atomic E-state index is 11.4. The van der Waals surface area contributed by atoms with Crippen LogP contribution in [0, 0.1) is 0 Å². The van der Waals surface area contributed by atoms with Gasteiger partial charge >= 0.3 is 12.1 Å². The zero-order valence-electron chi connectivity index (χ0n) is 9.85. The van der Waals surface area contributed by atoms with E-state index in [0.717, 1.165) is 0 Å². The van der Waals surface area contributed by atoms with Crippen molar-refractivity contribution in [1.82, 2.24) is 4.90 Å². The smallest absolute Gasteiger partial charge is 0.410 e. The van der Waals surface area contributed by atoms with E-state index in [9.17, 15) is 9.59 Å². The maximum Gasteiger partial charge on any atom is 0.410 e. The summed E-state index contributed by atoms with van der Waals surface area (Å²) >= 11 is 0. The molecular weight excluding hydrogens is 226 g/mol. The van der Waals surface area contributed by atoms with Crippen LogP contribution < -0.4 is 0 Å². The number of carboxylic acid groups (broad SMARTS) is 1. The Bertz CT molecular complexity index is 309. The van der Waals surface area contributed by atoms with Gasteiger partial charge in [-0.3, -0.25) is 4.79 Å². The minimum atomic E-state index is -0.933. The lowest BCUT2D eigenvalue weighted by atomic mass is 9.90. The SMILES string of the molecule is C=CCOC(=O)N1CC(CC(=O)O)(OCC)C1. The van der Waals surface area contributed by atoms with E-state index >= 15 is 0 Å². The fourth-order valence-electron chi connectivity index (χ4n) is 1.84. The van der Waals surface area contributed by atoms with E-state index < -0.39 is 17.7 Å². The molecule has 0 saturated carbocycles. The summed E-state index contributed by atoms with van der Waals surface area (Å²) in [5.41, 5.74) is -0.756. The van der Waals surface area contributed by atoms with Crippen molar-refractivity contribution in [2.75, 3.05) is 26.3 Å². The first-order valence-electron chi connectivity index (χ1n) is 5.41. The van der Waals surface area contributed by atoms with E-state index in [-0.39, 0.29) is 26.1 Å². The van der Waals surface area contributed by atoms with Gasteiger partial charge in [-0.1, -0.05) is 12.7 Å². The van der Waals surface area contributed by atoms with E-state index in [2.05, 4.69) is 6.58 Å². The Morgan fingerprint density at radius 3 is 2.65 bits per heavy atom. The van der Waals surface area contributed by atoms with Gasteiger partial charge in [-0.2, -0.15) is 0 Å². The van der Waals surface area contributed by atoms with Gasteiger partial charge in [0.15, 0.2) is 0 Å². The van der Waals surface area contributed by atoms with E-state index in [0.29, 0.717) is 6.61 Å². The van der Waals surface area contributed by atoms with Crippen LogP contribution in [0.25, 0.3) is 0 Å². The van der Waals surface area contributed by atoms with Crippen molar-refractivity contribution in [3.63, 3.8) is 0 Å². The molecule has 1 fully saturated rings. The number of carboxylic acids is 1. The monoisotopic (exact) mass is 243 g/mol. The summed E-state index contributed by atoms with van der Waals surface area (Å²) in [5, 5.41) is 8.78. The number of ether oxygens (including phenoxy) is 2. The molecule has 1 saturated heterocycles. The Hall–Kier alpha value is -1.56. The summed E-state index contributed by atoms with van der Waals surface area (Å²) in [6, 6.07) is 0. The van der Waals surface area contributed by atoms with Crippen LogP contribution in [0.15, 0.2) is 12.7 Å². The van der Waals surface area contributed by atoms with Crippen molar-refractivity contribution in [3.05, 3.63) is 12.7 Å². The minimum Gasteiger partial charge on any atom is -0.481 e. The Labute approximate surface area is 99.8 Å². The lowest BCUT2D eigenvalue weighted by molar-refractivity contribution is -0.163. The summed E-state index contributed by atoms with van der Waals surface area (Å²) in [4.78, 5) is 23.5. The average molecular weight is 243 g/mol. The predicted octanol–water partition coefficient (Wildman–Crippen LogP) is 0.875. The molecule has 17 heavy (non-hydrogen) atoms. The molecule has 0 aromatic rings. The van der Waals surface area contributed by atoms with Gasteiger partial charge in [0.1, 0.15) is 12.2 Å². The molecule has 0 aromatic heterocycles. The molecule has 1 aliphatic rings. The largest absolute Gasteiger partial charge is 0.481 e. The molecular formula is C11H17NO5. The number of carbonyl (C=O) groups excluding carboxylic acids is 1. The van der Waals surface area contributed by atoms with Gasteiger partial charge in [0.2, 0.25) is 0 Å². The molecule has 96 valence electrons. The molecule has 0 bridgehead atoms. The average Bonchev–Trinajstić information content (AvgIpc) is 2.21. The van der Waals surface area contributed by atoms with Gasteiger partial charge < -0.3 is 19.5 Å². The number of carbonyl (C=O) groups is 2. The Balaban J connectivity index is 2.46. The summed E-state index contributed by atoms with van der Waals surface area (Å²) in [6.45, 7) is 6.30. The van der Waals surface area contributed by atoms with Crippen molar-refractivity contribution >= 4 is 12.1 Å². The van der Waals surface area contributed by atoms with Crippen molar-refractivity contribution in [2.24, 2.45) is 0 Å². The van der Waals surface area contributed by atoms with E-state index in [1.807, 2.05) is 0 Å². The van der Waals surface area contributed by atoms with Gasteiger partial charge in [-0.05, 0) is 6.92 Å². The Morgan fingerprint density at radius 2 is 2.18 bits per heavy atom. The summed E-state index contributed by atoms with van der Waals surface area (Å²) in [7, 11) is 0. The van der Waals surface area contributed by atoms with Crippen molar-refractivity contribution in [1.29, 1.82) is 0 Å². The third kappa shape index (κ3) is 3.45. The summed E-state index contributed by atoms with van der Waals surface area (Å²) in [6.07, 6.45) is 0.905. The van der Waals surface area contributed by atoms with Gasteiger partial charge in [-0.25, -0.2) is 4.79 Å². The van der Waals surface area contributed by atoms with E-state index in [1.54, 1.807) is 6.92 Å². The number of amides is 1. The van der Waals surface area contributed by atoms with E-state index in [1.165, 1.54) is 11.0 Å². The molecule has 0 radical (unpaired) electrons. The topological polar surface area (TPSA) is 76.1 Å². The van der Waals surface area contributed by atoms with Gasteiger partial charge in [0.25, 0.3) is 0 Å². The standard InChI is InChI=1S/C11H17NO5/c1-3-5-16-10(15)12-7-11(8-12,17-4-2)6-9(13)14/h3H,1,4-8H2,2H3,(H,13,14). The first-order chi connectivity index (χ1) is 8.03. The van der Waals surface area contributed by atoms with E-state index in [4.69, 9.17) is 14.6 Å². The molecule has 0 aliphatic carbocycles. The fraction of sp³-hybridized carbons (Fsp3) is 0.636. The normalized spacial score (nSPS) is 17.1. The molecule has 1 amide bonds. The zero-order chi connectivity index (χ0) is 12.9. The van der Waals surface area contributed by atoms with Crippen LogP contribution in [0.3, 0.4) is 0 Å². The highest BCUT2D eigenvalue weighted by atomic mass is 16.6. The van der Waals surface area contributed by atoms with Crippen LogP contribution in [0.2, 0.25) is 0 Å². The molecule has 1 N–H and O–H groups in total. The number of hydrogen-bond donors (Lipinski definition) is 1. The second kappa shape index (κ2) is 5.67. The van der Waals surface area contributed by atoms with Gasteiger partial charge in [-0.15, -0.1) is 0 Å². The fourth-order valence-corrected chi connectivity index (χ4v) is 1.84. The maximum absolute atomic E-state index is 11.4. The Morgan fingerprint density at radius 1 is 1.53 bits per heavy atom. The number of aliphatic carboxylic acids is 1. The van der Waals surface area contributed by atoms with Crippen LogP contribution in [-0.2, 0) is 14.3 Å². The highest BCUT2D eigenvalue weighted by Crippen LogP contribution is 2.29. The van der Waals surface area contributed by atoms with Crippen LogP contribution in [-0.4, -0.2) is 54.0 Å². The second-order valence-corrected chi connectivity index (χ2v) is 3.91. The zero-order valence-corrected chi connectivity index (χ0v) is 9.85. The molecule has 6 nitrogen and oxygen atoms in total. The first-order valence-corrected chi connectivity index (χ1v) is 5.41. The molecule has 1 heterocycles. The van der Waals surface area contributed by atoms with Crippen LogP contribution >= 0.6 is 0 Å². The first kappa shape index (κ1) is 13.5. The highest BCUT2D eigenvalue weighted by molar-refractivity contribution is 5.72. The third-order valence-electron chi connectivity index (χ3n) is 2.46. The number of hydrogen-bond acceptors (Lipinski definition) is 4. The molecule has 0 unspecified atom stereocenters. The lowest BCUT2D eigenvalue weighted by Gasteiger charge is -2.47. The second-order valence-electron chi connectivity index (χ2n) is 3.91. The third-order valence-corrected chi connectivity index (χ3v) is 2.46. The predicted molar refractivity (Wildman–Crippen MR) is 59.7 cm³/mol. The molecule has 1 rings (SSSR count). The molecule has 1 aliphatic heterocycles. The van der Waals surface area contributed by atoms with Crippen molar-refractivity contribution in [3.8, 4) is 0 Å². The van der Waals surface area contributed by atoms with Crippen molar-refractivity contribution in [2.45, 2.75) is 18.9 Å². The van der Waals surface area contributed by atoms with Gasteiger partial charge in [0.05, 0.1) is 19.5 Å². The minimum absolute atomic E-state index is 0.105. The number of likely N-dealkylation sites (tertiary alicyclic amines) is 1. The summed E-state index contributed by atoms with van der Waals surface area (Å²) in [5.74, 6) is -0.933. The van der Waals surface area contributed by atoms with Crippen LogP contribution in [0.5, 0.6) is 0 Å².